The monoisotopic (exact) mass is 210 g/mol. The molecule has 3 heteroatoms. The lowest BCUT2D eigenvalue weighted by Gasteiger charge is -2.19. The average Bonchev–Trinajstić information content (AvgIpc) is 2.20. The normalized spacial score (nSPS) is 12.2. The highest BCUT2D eigenvalue weighted by molar-refractivity contribution is 5.76. The molecule has 0 aliphatic heterocycles. The summed E-state index contributed by atoms with van der Waals surface area (Å²) in [6, 6.07) is 0. The van der Waals surface area contributed by atoms with Gasteiger partial charge in [0.1, 0.15) is 0 Å². The van der Waals surface area contributed by atoms with Crippen LogP contribution >= 0.6 is 0 Å². The van der Waals surface area contributed by atoms with E-state index in [4.69, 9.17) is 12.2 Å². The van der Waals surface area contributed by atoms with Crippen molar-refractivity contribution in [2.45, 2.75) is 33.1 Å². The molecule has 0 saturated heterocycles. The molecule has 3 nitrogen and oxygen atoms in total. The Kier molecular flexibility index (Phi) is 7.75. The van der Waals surface area contributed by atoms with Crippen LogP contribution in [0, 0.1) is 24.2 Å². The molecule has 0 radical (unpaired) electrons. The van der Waals surface area contributed by atoms with Gasteiger partial charge in [0.15, 0.2) is 0 Å². The minimum Gasteiger partial charge on any atom is -0.345 e. The molecule has 1 amide bonds. The SMILES string of the molecule is C#CCNC(=O)CCC(CCN)C(C)C. The van der Waals surface area contributed by atoms with Gasteiger partial charge in [0.05, 0.1) is 6.54 Å². The Morgan fingerprint density at radius 2 is 2.13 bits per heavy atom. The van der Waals surface area contributed by atoms with Crippen LogP contribution in [0.4, 0.5) is 0 Å². The van der Waals surface area contributed by atoms with E-state index >= 15 is 0 Å². The number of carbonyl (C=O) groups excluding carboxylic acids is 1. The number of hydrogen-bond acceptors (Lipinski definition) is 2. The first kappa shape index (κ1) is 14.0. The number of hydrogen-bond donors (Lipinski definition) is 2. The summed E-state index contributed by atoms with van der Waals surface area (Å²) < 4.78 is 0. The van der Waals surface area contributed by atoms with Crippen LogP contribution in [-0.2, 0) is 4.79 Å². The molecule has 0 bridgehead atoms. The molecular weight excluding hydrogens is 188 g/mol. The second-order valence-electron chi connectivity index (χ2n) is 4.10. The molecule has 1 unspecified atom stereocenters. The predicted octanol–water partition coefficient (Wildman–Crippen LogP) is 1.14. The van der Waals surface area contributed by atoms with Crippen LogP contribution in [0.15, 0.2) is 0 Å². The zero-order valence-corrected chi connectivity index (χ0v) is 9.75. The highest BCUT2D eigenvalue weighted by Gasteiger charge is 2.13. The second kappa shape index (κ2) is 8.31. The summed E-state index contributed by atoms with van der Waals surface area (Å²) in [7, 11) is 0. The smallest absolute Gasteiger partial charge is 0.220 e. The van der Waals surface area contributed by atoms with Crippen molar-refractivity contribution in [2.75, 3.05) is 13.1 Å². The van der Waals surface area contributed by atoms with Crippen molar-refractivity contribution < 1.29 is 4.79 Å². The Bertz CT molecular complexity index is 218. The minimum atomic E-state index is 0.0376. The summed E-state index contributed by atoms with van der Waals surface area (Å²) in [5.74, 6) is 3.53. The lowest BCUT2D eigenvalue weighted by molar-refractivity contribution is -0.121. The van der Waals surface area contributed by atoms with Crippen LogP contribution in [0.2, 0.25) is 0 Å². The maximum atomic E-state index is 11.3. The second-order valence-corrected chi connectivity index (χ2v) is 4.10. The molecule has 0 aromatic rings. The van der Waals surface area contributed by atoms with Gasteiger partial charge in [-0.05, 0) is 31.2 Å². The van der Waals surface area contributed by atoms with E-state index in [0.29, 0.717) is 31.3 Å². The van der Waals surface area contributed by atoms with E-state index in [1.165, 1.54) is 0 Å². The average molecular weight is 210 g/mol. The first-order valence-corrected chi connectivity index (χ1v) is 5.52. The topological polar surface area (TPSA) is 55.1 Å². The van der Waals surface area contributed by atoms with Gasteiger partial charge in [0.2, 0.25) is 5.91 Å². The third-order valence-electron chi connectivity index (χ3n) is 2.61. The number of terminal acetylenes is 1. The highest BCUT2D eigenvalue weighted by Crippen LogP contribution is 2.20. The molecule has 0 aliphatic carbocycles. The van der Waals surface area contributed by atoms with Crippen molar-refractivity contribution in [1.29, 1.82) is 0 Å². The Balaban J connectivity index is 3.79. The third kappa shape index (κ3) is 6.98. The van der Waals surface area contributed by atoms with Crippen molar-refractivity contribution in [1.82, 2.24) is 5.32 Å². The number of nitrogens with one attached hydrogen (secondary N) is 1. The Morgan fingerprint density at radius 1 is 1.47 bits per heavy atom. The molecule has 0 aliphatic rings. The Morgan fingerprint density at radius 3 is 2.60 bits per heavy atom. The van der Waals surface area contributed by atoms with Crippen molar-refractivity contribution in [2.24, 2.45) is 17.6 Å². The number of rotatable bonds is 7. The fourth-order valence-electron chi connectivity index (χ4n) is 1.58. The minimum absolute atomic E-state index is 0.0376. The van der Waals surface area contributed by atoms with Crippen LogP contribution in [0.25, 0.3) is 0 Å². The molecule has 0 aromatic heterocycles. The van der Waals surface area contributed by atoms with Crippen molar-refractivity contribution in [3.8, 4) is 12.3 Å². The van der Waals surface area contributed by atoms with Crippen molar-refractivity contribution in [3.63, 3.8) is 0 Å². The van der Waals surface area contributed by atoms with E-state index < -0.39 is 0 Å². The van der Waals surface area contributed by atoms with E-state index in [9.17, 15) is 4.79 Å². The van der Waals surface area contributed by atoms with Gasteiger partial charge in [-0.2, -0.15) is 0 Å². The van der Waals surface area contributed by atoms with E-state index in [2.05, 4.69) is 25.1 Å². The van der Waals surface area contributed by atoms with Gasteiger partial charge in [-0.3, -0.25) is 4.79 Å². The lowest BCUT2D eigenvalue weighted by Crippen LogP contribution is -2.25. The van der Waals surface area contributed by atoms with Gasteiger partial charge in [0, 0.05) is 6.42 Å². The number of amides is 1. The molecule has 0 aromatic carbocycles. The van der Waals surface area contributed by atoms with Crippen LogP contribution in [0.1, 0.15) is 33.1 Å². The summed E-state index contributed by atoms with van der Waals surface area (Å²) in [6.45, 7) is 5.34. The molecule has 0 heterocycles. The molecule has 0 saturated carbocycles. The van der Waals surface area contributed by atoms with Crippen LogP contribution in [-0.4, -0.2) is 19.0 Å². The molecule has 86 valence electrons. The van der Waals surface area contributed by atoms with Gasteiger partial charge in [-0.15, -0.1) is 6.42 Å². The molecule has 1 atom stereocenters. The zero-order valence-electron chi connectivity index (χ0n) is 9.75. The van der Waals surface area contributed by atoms with Crippen LogP contribution < -0.4 is 11.1 Å². The quantitative estimate of drug-likeness (QED) is 0.619. The summed E-state index contributed by atoms with van der Waals surface area (Å²) in [5.41, 5.74) is 5.53. The first-order chi connectivity index (χ1) is 7.11. The molecule has 15 heavy (non-hydrogen) atoms. The fourth-order valence-corrected chi connectivity index (χ4v) is 1.58. The van der Waals surface area contributed by atoms with Crippen LogP contribution in [0.5, 0.6) is 0 Å². The standard InChI is InChI=1S/C12H22N2O/c1-4-9-14-12(15)6-5-11(7-8-13)10(2)3/h1,10-11H,5-9,13H2,2-3H3,(H,14,15). The molecule has 3 N–H and O–H groups in total. The Hall–Kier alpha value is -1.01. The fraction of sp³-hybridized carbons (Fsp3) is 0.750. The Labute approximate surface area is 92.8 Å². The van der Waals surface area contributed by atoms with Gasteiger partial charge in [-0.25, -0.2) is 0 Å². The van der Waals surface area contributed by atoms with Gasteiger partial charge in [0.25, 0.3) is 0 Å². The molecule has 0 rings (SSSR count). The number of nitrogens with two attached hydrogens (primary N) is 1. The largest absolute Gasteiger partial charge is 0.345 e. The lowest BCUT2D eigenvalue weighted by atomic mass is 9.88. The van der Waals surface area contributed by atoms with E-state index in [1.54, 1.807) is 0 Å². The zero-order chi connectivity index (χ0) is 11.7. The van der Waals surface area contributed by atoms with E-state index in [0.717, 1.165) is 12.8 Å². The maximum absolute atomic E-state index is 11.3. The van der Waals surface area contributed by atoms with Gasteiger partial charge < -0.3 is 11.1 Å². The maximum Gasteiger partial charge on any atom is 0.220 e. The summed E-state index contributed by atoms with van der Waals surface area (Å²) in [4.78, 5) is 11.3. The summed E-state index contributed by atoms with van der Waals surface area (Å²) in [6.07, 6.45) is 7.47. The third-order valence-corrected chi connectivity index (χ3v) is 2.61. The van der Waals surface area contributed by atoms with Gasteiger partial charge in [-0.1, -0.05) is 19.8 Å². The van der Waals surface area contributed by atoms with E-state index in [-0.39, 0.29) is 5.91 Å². The molecule has 0 fully saturated rings. The first-order valence-electron chi connectivity index (χ1n) is 5.52. The number of carbonyl (C=O) groups is 1. The predicted molar refractivity (Wildman–Crippen MR) is 63.1 cm³/mol. The summed E-state index contributed by atoms with van der Waals surface area (Å²) in [5, 5.41) is 2.66. The molecule has 0 spiro atoms. The van der Waals surface area contributed by atoms with Gasteiger partial charge >= 0.3 is 0 Å². The summed E-state index contributed by atoms with van der Waals surface area (Å²) >= 11 is 0. The van der Waals surface area contributed by atoms with E-state index in [1.807, 2.05) is 0 Å². The van der Waals surface area contributed by atoms with Crippen molar-refractivity contribution >= 4 is 5.91 Å². The van der Waals surface area contributed by atoms with Crippen LogP contribution in [0.3, 0.4) is 0 Å². The van der Waals surface area contributed by atoms with Crippen molar-refractivity contribution in [3.05, 3.63) is 0 Å². The highest BCUT2D eigenvalue weighted by atomic mass is 16.1. The molecular formula is C12H22N2O.